The number of nitrogens with zero attached hydrogens (tertiary/aromatic N) is 4. The molecule has 1 saturated heterocycles. The van der Waals surface area contributed by atoms with Crippen molar-refractivity contribution in [3.05, 3.63) is 12.7 Å². The minimum absolute atomic E-state index is 0.0237. The van der Waals surface area contributed by atoms with Crippen molar-refractivity contribution in [2.45, 2.75) is 50.4 Å². The summed E-state index contributed by atoms with van der Waals surface area (Å²) in [6.07, 6.45) is -1.23. The van der Waals surface area contributed by atoms with Crippen LogP contribution in [0.4, 0.5) is 23.4 Å². The summed E-state index contributed by atoms with van der Waals surface area (Å²) < 4.78 is 62.4. The predicted octanol–water partition coefficient (Wildman–Crippen LogP) is 2.77. The second kappa shape index (κ2) is 5.29. The van der Waals surface area contributed by atoms with Gasteiger partial charge >= 0.3 is 11.8 Å². The summed E-state index contributed by atoms with van der Waals surface area (Å²) in [5, 5.41) is 0. The van der Waals surface area contributed by atoms with Crippen LogP contribution in [0.1, 0.15) is 32.4 Å². The molecular formula is C13H15F4N5O. The van der Waals surface area contributed by atoms with E-state index in [0.29, 0.717) is 12.8 Å². The first-order chi connectivity index (χ1) is 10.8. The number of hydrogen-bond donors (Lipinski definition) is 1. The first-order valence-corrected chi connectivity index (χ1v) is 7.14. The summed E-state index contributed by atoms with van der Waals surface area (Å²) in [4.78, 5) is 11.3. The van der Waals surface area contributed by atoms with Gasteiger partial charge in [-0.3, -0.25) is 4.57 Å². The molecule has 0 saturated carbocycles. The maximum absolute atomic E-state index is 14.3. The third-order valence-electron chi connectivity index (χ3n) is 3.91. The first kappa shape index (κ1) is 15.9. The van der Waals surface area contributed by atoms with Gasteiger partial charge in [-0.2, -0.15) is 17.6 Å². The van der Waals surface area contributed by atoms with E-state index >= 15 is 0 Å². The van der Waals surface area contributed by atoms with Crippen LogP contribution in [-0.4, -0.2) is 37.5 Å². The van der Waals surface area contributed by atoms with E-state index in [-0.39, 0.29) is 23.4 Å². The van der Waals surface area contributed by atoms with Gasteiger partial charge in [-0.05, 0) is 6.42 Å². The minimum Gasteiger partial charge on any atom is -0.382 e. The molecule has 1 fully saturated rings. The van der Waals surface area contributed by atoms with Crippen molar-refractivity contribution in [2.75, 3.05) is 5.73 Å². The fraction of sp³-hybridized carbons (Fsp3) is 0.615. The highest BCUT2D eigenvalue weighted by atomic mass is 19.3. The molecule has 126 valence electrons. The fourth-order valence-corrected chi connectivity index (χ4v) is 2.63. The molecule has 2 N–H and O–H groups in total. The van der Waals surface area contributed by atoms with E-state index in [1.54, 1.807) is 6.92 Å². The highest BCUT2D eigenvalue weighted by Gasteiger charge is 2.72. The summed E-state index contributed by atoms with van der Waals surface area (Å²) in [6, 6.07) is 0. The molecule has 0 aromatic carbocycles. The van der Waals surface area contributed by atoms with Crippen molar-refractivity contribution < 1.29 is 22.3 Å². The molecule has 0 spiro atoms. The third kappa shape index (κ3) is 2.23. The van der Waals surface area contributed by atoms with Crippen LogP contribution in [0.2, 0.25) is 0 Å². The van der Waals surface area contributed by atoms with E-state index in [9.17, 15) is 17.6 Å². The topological polar surface area (TPSA) is 78.9 Å². The summed E-state index contributed by atoms with van der Waals surface area (Å²) in [5.74, 6) is -8.69. The molecule has 10 heteroatoms. The average Bonchev–Trinajstić information content (AvgIpc) is 2.98. The van der Waals surface area contributed by atoms with E-state index in [1.807, 2.05) is 0 Å². The number of halogens is 4. The van der Waals surface area contributed by atoms with Crippen molar-refractivity contribution in [2.24, 2.45) is 0 Å². The zero-order valence-corrected chi connectivity index (χ0v) is 12.2. The lowest BCUT2D eigenvalue weighted by molar-refractivity contribution is -0.207. The lowest BCUT2D eigenvalue weighted by Gasteiger charge is -2.23. The molecule has 2 unspecified atom stereocenters. The average molecular weight is 333 g/mol. The summed E-state index contributed by atoms with van der Waals surface area (Å²) in [7, 11) is 0. The Labute approximate surface area is 128 Å². The number of nitrogens with two attached hydrogens (primary N) is 1. The molecule has 3 rings (SSSR count). The molecule has 23 heavy (non-hydrogen) atoms. The second-order valence-electron chi connectivity index (χ2n) is 5.45. The Hall–Kier alpha value is -1.97. The zero-order valence-electron chi connectivity index (χ0n) is 12.2. The molecule has 0 radical (unpaired) electrons. The van der Waals surface area contributed by atoms with Crippen LogP contribution < -0.4 is 5.73 Å². The van der Waals surface area contributed by atoms with Crippen LogP contribution in [0.15, 0.2) is 12.7 Å². The third-order valence-corrected chi connectivity index (χ3v) is 3.91. The van der Waals surface area contributed by atoms with Gasteiger partial charge in [0.1, 0.15) is 17.9 Å². The zero-order chi connectivity index (χ0) is 16.8. The lowest BCUT2D eigenvalue weighted by atomic mass is 10.0. The van der Waals surface area contributed by atoms with Gasteiger partial charge in [-0.1, -0.05) is 19.8 Å². The van der Waals surface area contributed by atoms with Gasteiger partial charge < -0.3 is 10.5 Å². The molecule has 0 bridgehead atoms. The number of nitrogen functional groups attached to an aromatic ring is 1. The SMILES string of the molecule is CCCCC1OC(n2cnc3c(N)ncnc32)C(F)(F)C1(F)F. The van der Waals surface area contributed by atoms with Gasteiger partial charge in [-0.15, -0.1) is 0 Å². The number of unbranched alkanes of at least 4 members (excludes halogenated alkanes) is 1. The number of aromatic nitrogens is 4. The Morgan fingerprint density at radius 3 is 2.65 bits per heavy atom. The Balaban J connectivity index is 2.03. The van der Waals surface area contributed by atoms with Crippen molar-refractivity contribution in [1.82, 2.24) is 19.5 Å². The molecular weight excluding hydrogens is 318 g/mol. The first-order valence-electron chi connectivity index (χ1n) is 7.14. The number of anilines is 1. The molecule has 2 atom stereocenters. The van der Waals surface area contributed by atoms with Crippen LogP contribution in [0, 0.1) is 0 Å². The summed E-state index contributed by atoms with van der Waals surface area (Å²) in [5.41, 5.74) is 5.57. The standard InChI is InChI=1S/C13H15F4N5O/c1-2-3-4-7-12(14,15)13(16,17)11(23-7)22-6-21-8-9(18)19-5-20-10(8)22/h5-7,11H,2-4H2,1H3,(H2,18,19,20). The van der Waals surface area contributed by atoms with Crippen LogP contribution in [-0.2, 0) is 4.74 Å². The van der Waals surface area contributed by atoms with Gasteiger partial charge in [0.05, 0.1) is 6.33 Å². The number of ether oxygens (including phenoxy) is 1. The Morgan fingerprint density at radius 1 is 1.22 bits per heavy atom. The Kier molecular flexibility index (Phi) is 3.66. The molecule has 1 aliphatic heterocycles. The second-order valence-corrected chi connectivity index (χ2v) is 5.45. The van der Waals surface area contributed by atoms with Crippen LogP contribution in [0.3, 0.4) is 0 Å². The largest absolute Gasteiger partial charge is 0.382 e. The summed E-state index contributed by atoms with van der Waals surface area (Å²) in [6.45, 7) is 1.78. The highest BCUT2D eigenvalue weighted by Crippen LogP contribution is 2.54. The van der Waals surface area contributed by atoms with E-state index in [0.717, 1.165) is 17.2 Å². The van der Waals surface area contributed by atoms with E-state index in [1.165, 1.54) is 0 Å². The number of imidazole rings is 1. The maximum Gasteiger partial charge on any atom is 0.356 e. The highest BCUT2D eigenvalue weighted by molar-refractivity contribution is 5.81. The quantitative estimate of drug-likeness (QED) is 0.871. The van der Waals surface area contributed by atoms with Crippen molar-refractivity contribution in [1.29, 1.82) is 0 Å². The monoisotopic (exact) mass is 333 g/mol. The molecule has 2 aromatic heterocycles. The lowest BCUT2D eigenvalue weighted by Crippen LogP contribution is -2.45. The van der Waals surface area contributed by atoms with Crippen molar-refractivity contribution in [3.8, 4) is 0 Å². The van der Waals surface area contributed by atoms with E-state index in [4.69, 9.17) is 10.5 Å². The van der Waals surface area contributed by atoms with Crippen molar-refractivity contribution >= 4 is 17.0 Å². The van der Waals surface area contributed by atoms with Crippen molar-refractivity contribution in [3.63, 3.8) is 0 Å². The van der Waals surface area contributed by atoms with E-state index < -0.39 is 24.2 Å². The predicted molar refractivity (Wildman–Crippen MR) is 73.1 cm³/mol. The van der Waals surface area contributed by atoms with Crippen LogP contribution >= 0.6 is 0 Å². The van der Waals surface area contributed by atoms with Gasteiger partial charge in [0.15, 0.2) is 11.5 Å². The Bertz CT molecular complexity index is 719. The molecule has 2 aromatic rings. The number of rotatable bonds is 4. The van der Waals surface area contributed by atoms with Gasteiger partial charge in [0.25, 0.3) is 0 Å². The smallest absolute Gasteiger partial charge is 0.356 e. The van der Waals surface area contributed by atoms with E-state index in [2.05, 4.69) is 15.0 Å². The van der Waals surface area contributed by atoms with Crippen LogP contribution in [0.5, 0.6) is 0 Å². The minimum atomic E-state index is -4.39. The normalized spacial score (nSPS) is 26.0. The van der Waals surface area contributed by atoms with Gasteiger partial charge in [0.2, 0.25) is 6.23 Å². The summed E-state index contributed by atoms with van der Waals surface area (Å²) >= 11 is 0. The Morgan fingerprint density at radius 2 is 1.96 bits per heavy atom. The number of hydrogen-bond acceptors (Lipinski definition) is 5. The maximum atomic E-state index is 14.3. The molecule has 0 aliphatic carbocycles. The molecule has 0 amide bonds. The van der Waals surface area contributed by atoms with Gasteiger partial charge in [0, 0.05) is 0 Å². The molecule has 1 aliphatic rings. The van der Waals surface area contributed by atoms with Crippen LogP contribution in [0.25, 0.3) is 11.2 Å². The molecule has 6 nitrogen and oxygen atoms in total. The molecule has 3 heterocycles. The number of fused-ring (bicyclic) bond motifs is 1. The number of alkyl halides is 4. The van der Waals surface area contributed by atoms with Gasteiger partial charge in [-0.25, -0.2) is 15.0 Å². The fourth-order valence-electron chi connectivity index (χ4n) is 2.63.